The third kappa shape index (κ3) is 3.31. The van der Waals surface area contributed by atoms with Gasteiger partial charge in [0, 0.05) is 0 Å². The molecule has 0 heterocycles. The van der Waals surface area contributed by atoms with Crippen LogP contribution in [0.3, 0.4) is 0 Å². The fourth-order valence-corrected chi connectivity index (χ4v) is 2.19. The van der Waals surface area contributed by atoms with Crippen molar-refractivity contribution < 1.29 is 4.39 Å². The van der Waals surface area contributed by atoms with E-state index in [-0.39, 0.29) is 11.2 Å². The smallest absolute Gasteiger partial charge is 0.123 e. The van der Waals surface area contributed by atoms with Crippen LogP contribution in [0.1, 0.15) is 22.1 Å². The van der Waals surface area contributed by atoms with Crippen molar-refractivity contribution in [1.29, 1.82) is 0 Å². The monoisotopic (exact) mass is 248 g/mol. The van der Waals surface area contributed by atoms with Crippen LogP contribution in [0.15, 0.2) is 48.5 Å². The molecule has 88 valence electrons. The summed E-state index contributed by atoms with van der Waals surface area (Å²) in [6, 6.07) is 14.9. The molecule has 0 saturated carbocycles. The molecule has 2 heteroatoms. The molecule has 1 atom stereocenters. The van der Waals surface area contributed by atoms with Gasteiger partial charge in [-0.1, -0.05) is 36.4 Å². The minimum absolute atomic E-state index is 0.188. The second-order valence-electron chi connectivity index (χ2n) is 4.22. The first kappa shape index (κ1) is 12.1. The predicted octanol–water partition coefficient (Wildman–Crippen LogP) is 4.66. The Kier molecular flexibility index (Phi) is 3.80. The predicted molar refractivity (Wildman–Crippen MR) is 69.9 cm³/mol. The Balaban J connectivity index is 2.17. The zero-order valence-electron chi connectivity index (χ0n) is 9.66. The molecule has 0 saturated heterocycles. The summed E-state index contributed by atoms with van der Waals surface area (Å²) in [6.45, 7) is 1.87. The zero-order valence-corrected chi connectivity index (χ0v) is 10.4. The van der Waals surface area contributed by atoms with Gasteiger partial charge in [-0.3, -0.25) is 0 Å². The van der Waals surface area contributed by atoms with E-state index >= 15 is 0 Å². The topological polar surface area (TPSA) is 0 Å². The van der Waals surface area contributed by atoms with Crippen molar-refractivity contribution in [1.82, 2.24) is 0 Å². The molecule has 0 aliphatic heterocycles. The second-order valence-corrected chi connectivity index (χ2v) is 4.75. The third-order valence-electron chi connectivity index (χ3n) is 2.68. The van der Waals surface area contributed by atoms with Gasteiger partial charge in [0.05, 0.1) is 5.38 Å². The normalized spacial score (nSPS) is 12.4. The number of aryl methyl sites for hydroxylation is 1. The molecule has 2 aromatic carbocycles. The van der Waals surface area contributed by atoms with E-state index in [0.29, 0.717) is 6.42 Å². The van der Waals surface area contributed by atoms with E-state index in [0.717, 1.165) is 16.7 Å². The molecule has 2 aromatic rings. The summed E-state index contributed by atoms with van der Waals surface area (Å²) in [5.41, 5.74) is 2.90. The van der Waals surface area contributed by atoms with E-state index in [1.807, 2.05) is 43.3 Å². The van der Waals surface area contributed by atoms with E-state index in [1.54, 1.807) is 0 Å². The highest BCUT2D eigenvalue weighted by Gasteiger charge is 2.10. The first-order valence-corrected chi connectivity index (χ1v) is 6.04. The minimum Gasteiger partial charge on any atom is -0.207 e. The fraction of sp³-hybridized carbons (Fsp3) is 0.200. The lowest BCUT2D eigenvalue weighted by Gasteiger charge is -2.11. The molecular formula is C15H14ClF. The van der Waals surface area contributed by atoms with Gasteiger partial charge in [-0.2, -0.15) is 0 Å². The van der Waals surface area contributed by atoms with Gasteiger partial charge in [0.2, 0.25) is 0 Å². The Hall–Kier alpha value is -1.34. The summed E-state index contributed by atoms with van der Waals surface area (Å²) in [5.74, 6) is -0.223. The highest BCUT2D eigenvalue weighted by molar-refractivity contribution is 6.20. The Morgan fingerprint density at radius 2 is 1.82 bits per heavy atom. The molecule has 0 nitrogen and oxygen atoms in total. The largest absolute Gasteiger partial charge is 0.207 e. The molecule has 0 amide bonds. The van der Waals surface area contributed by atoms with Crippen LogP contribution in [0.4, 0.5) is 4.39 Å². The standard InChI is InChI=1S/C15H14ClF/c1-11-7-13(10-14(17)8-11)15(16)9-12-5-3-2-4-6-12/h2-8,10,15H,9H2,1H3. The van der Waals surface area contributed by atoms with Crippen molar-refractivity contribution in [2.45, 2.75) is 18.7 Å². The Morgan fingerprint density at radius 1 is 1.12 bits per heavy atom. The van der Waals surface area contributed by atoms with Gasteiger partial charge in [0.1, 0.15) is 5.82 Å². The van der Waals surface area contributed by atoms with Crippen molar-refractivity contribution in [2.24, 2.45) is 0 Å². The van der Waals surface area contributed by atoms with Crippen LogP contribution in [-0.4, -0.2) is 0 Å². The van der Waals surface area contributed by atoms with E-state index in [2.05, 4.69) is 0 Å². The maximum absolute atomic E-state index is 13.3. The van der Waals surface area contributed by atoms with Gasteiger partial charge in [0.25, 0.3) is 0 Å². The maximum Gasteiger partial charge on any atom is 0.123 e. The van der Waals surface area contributed by atoms with Crippen LogP contribution < -0.4 is 0 Å². The van der Waals surface area contributed by atoms with Crippen molar-refractivity contribution in [3.8, 4) is 0 Å². The highest BCUT2D eigenvalue weighted by Crippen LogP contribution is 2.26. The van der Waals surface area contributed by atoms with Gasteiger partial charge in [-0.25, -0.2) is 4.39 Å². The average Bonchev–Trinajstić information content (AvgIpc) is 2.29. The Morgan fingerprint density at radius 3 is 2.47 bits per heavy atom. The van der Waals surface area contributed by atoms with Gasteiger partial charge in [-0.05, 0) is 42.2 Å². The van der Waals surface area contributed by atoms with Gasteiger partial charge in [-0.15, -0.1) is 11.6 Å². The molecule has 0 N–H and O–H groups in total. The number of benzene rings is 2. The van der Waals surface area contributed by atoms with Crippen LogP contribution in [0.2, 0.25) is 0 Å². The molecule has 2 rings (SSSR count). The van der Waals surface area contributed by atoms with Crippen molar-refractivity contribution in [2.75, 3.05) is 0 Å². The summed E-state index contributed by atoms with van der Waals surface area (Å²) in [7, 11) is 0. The molecule has 0 aliphatic rings. The minimum atomic E-state index is -0.223. The van der Waals surface area contributed by atoms with Crippen molar-refractivity contribution in [3.05, 3.63) is 71.0 Å². The first-order chi connectivity index (χ1) is 8.15. The van der Waals surface area contributed by atoms with E-state index < -0.39 is 0 Å². The van der Waals surface area contributed by atoms with Gasteiger partial charge < -0.3 is 0 Å². The summed E-state index contributed by atoms with van der Waals surface area (Å²) in [4.78, 5) is 0. The molecular weight excluding hydrogens is 235 g/mol. The van der Waals surface area contributed by atoms with Crippen LogP contribution in [0.5, 0.6) is 0 Å². The lowest BCUT2D eigenvalue weighted by Crippen LogP contribution is -1.97. The summed E-state index contributed by atoms with van der Waals surface area (Å²) < 4.78 is 13.3. The number of halogens is 2. The number of alkyl halides is 1. The third-order valence-corrected chi connectivity index (χ3v) is 3.09. The number of rotatable bonds is 3. The summed E-state index contributed by atoms with van der Waals surface area (Å²) >= 11 is 6.32. The molecule has 0 aromatic heterocycles. The van der Waals surface area contributed by atoms with Crippen LogP contribution in [-0.2, 0) is 6.42 Å². The Labute approximate surface area is 106 Å². The quantitative estimate of drug-likeness (QED) is 0.694. The van der Waals surface area contributed by atoms with Crippen LogP contribution in [0.25, 0.3) is 0 Å². The lowest BCUT2D eigenvalue weighted by atomic mass is 10.0. The van der Waals surface area contributed by atoms with Crippen molar-refractivity contribution >= 4 is 11.6 Å². The zero-order chi connectivity index (χ0) is 12.3. The summed E-state index contributed by atoms with van der Waals surface area (Å²) in [6.07, 6.45) is 0.714. The number of hydrogen-bond acceptors (Lipinski definition) is 0. The SMILES string of the molecule is Cc1cc(F)cc(C(Cl)Cc2ccccc2)c1. The van der Waals surface area contributed by atoms with Crippen molar-refractivity contribution in [3.63, 3.8) is 0 Å². The van der Waals surface area contributed by atoms with E-state index in [1.165, 1.54) is 12.1 Å². The Bertz CT molecular complexity index is 473. The molecule has 0 fully saturated rings. The maximum atomic E-state index is 13.3. The average molecular weight is 249 g/mol. The molecule has 0 radical (unpaired) electrons. The molecule has 0 spiro atoms. The summed E-state index contributed by atoms with van der Waals surface area (Å²) in [5, 5.41) is -0.188. The second kappa shape index (κ2) is 5.33. The lowest BCUT2D eigenvalue weighted by molar-refractivity contribution is 0.623. The van der Waals surface area contributed by atoms with Crippen LogP contribution >= 0.6 is 11.6 Å². The van der Waals surface area contributed by atoms with E-state index in [4.69, 9.17) is 11.6 Å². The van der Waals surface area contributed by atoms with Crippen LogP contribution in [0, 0.1) is 12.7 Å². The highest BCUT2D eigenvalue weighted by atomic mass is 35.5. The number of hydrogen-bond donors (Lipinski definition) is 0. The van der Waals surface area contributed by atoms with Gasteiger partial charge in [0.15, 0.2) is 0 Å². The molecule has 0 bridgehead atoms. The fourth-order valence-electron chi connectivity index (χ4n) is 1.88. The molecule has 1 unspecified atom stereocenters. The van der Waals surface area contributed by atoms with Gasteiger partial charge >= 0.3 is 0 Å². The molecule has 17 heavy (non-hydrogen) atoms. The first-order valence-electron chi connectivity index (χ1n) is 5.60. The van der Waals surface area contributed by atoms with E-state index in [9.17, 15) is 4.39 Å². The molecule has 0 aliphatic carbocycles.